The molecule has 0 spiro atoms. The number of nitrogens with one attached hydrogen (secondary N) is 2. The van der Waals surface area contributed by atoms with Crippen molar-refractivity contribution in [2.45, 2.75) is 71.9 Å². The van der Waals surface area contributed by atoms with Gasteiger partial charge in [-0.3, -0.25) is 0 Å². The van der Waals surface area contributed by atoms with Crippen LogP contribution in [-0.2, 0) is 23.0 Å². The number of carboxylic acids is 1. The molecule has 0 bridgehead atoms. The summed E-state index contributed by atoms with van der Waals surface area (Å²) in [5.74, 6) is -0.559. The number of aryl methyl sites for hydroxylation is 3. The summed E-state index contributed by atoms with van der Waals surface area (Å²) in [7, 11) is -4.23. The molecular weight excluding hydrogens is 628 g/mol. The van der Waals surface area contributed by atoms with Crippen molar-refractivity contribution in [3.05, 3.63) is 89.0 Å². The average Bonchev–Trinajstić information content (AvgIpc) is 2.97. The van der Waals surface area contributed by atoms with Crippen molar-refractivity contribution in [1.82, 2.24) is 25.3 Å². The molecule has 4 rings (SSSR count). The van der Waals surface area contributed by atoms with Crippen LogP contribution in [0, 0.1) is 19.3 Å². The summed E-state index contributed by atoms with van der Waals surface area (Å²) in [6.45, 7) is 13.1. The second-order valence-corrected chi connectivity index (χ2v) is 13.8. The predicted molar refractivity (Wildman–Crippen MR) is 180 cm³/mol. The Hall–Kier alpha value is -4.13. The molecule has 0 saturated carbocycles. The van der Waals surface area contributed by atoms with Gasteiger partial charge in [0.1, 0.15) is 12.4 Å². The number of aromatic nitrogens is 4. The van der Waals surface area contributed by atoms with E-state index in [0.29, 0.717) is 18.1 Å². The Kier molecular flexibility index (Phi) is 12.2. The third kappa shape index (κ3) is 9.93. The SMILES string of the molecule is CCc1ccnc(CN[C@@H](COc2cc(-c3c(C)cccc3C)nc(NS(=O)(=O)c3cccc(C(=O)O)c3)n2)CC(C)(C)C)n1.Cl. The first kappa shape index (κ1) is 36.3. The van der Waals surface area contributed by atoms with Crippen LogP contribution in [-0.4, -0.2) is 52.1 Å². The molecule has 3 N–H and O–H groups in total. The Morgan fingerprint density at radius 3 is 2.35 bits per heavy atom. The Morgan fingerprint density at radius 1 is 1.00 bits per heavy atom. The van der Waals surface area contributed by atoms with E-state index in [-0.39, 0.29) is 52.8 Å². The lowest BCUT2D eigenvalue weighted by Gasteiger charge is -2.27. The summed E-state index contributed by atoms with van der Waals surface area (Å²) in [6.07, 6.45) is 3.35. The number of sulfonamides is 1. The number of halogens is 1. The highest BCUT2D eigenvalue weighted by molar-refractivity contribution is 7.92. The maximum Gasteiger partial charge on any atom is 0.335 e. The van der Waals surface area contributed by atoms with Crippen LogP contribution in [0.3, 0.4) is 0 Å². The fraction of sp³-hybridized carbons (Fsp3) is 0.364. The zero-order valence-electron chi connectivity index (χ0n) is 26.9. The van der Waals surface area contributed by atoms with E-state index in [9.17, 15) is 18.3 Å². The summed E-state index contributed by atoms with van der Waals surface area (Å²) in [4.78, 5) is 29.1. The first-order valence-electron chi connectivity index (χ1n) is 14.7. The van der Waals surface area contributed by atoms with Crippen LogP contribution in [0.15, 0.2) is 65.7 Å². The number of anilines is 1. The van der Waals surface area contributed by atoms with Crippen LogP contribution in [0.1, 0.15) is 67.1 Å². The normalized spacial score (nSPS) is 12.2. The van der Waals surface area contributed by atoms with Crippen LogP contribution in [0.4, 0.5) is 5.95 Å². The lowest BCUT2D eigenvalue weighted by atomic mass is 9.88. The first-order chi connectivity index (χ1) is 21.2. The summed E-state index contributed by atoms with van der Waals surface area (Å²) in [5.41, 5.74) is 4.00. The fourth-order valence-electron chi connectivity index (χ4n) is 4.94. The first-order valence-corrected chi connectivity index (χ1v) is 16.2. The third-order valence-corrected chi connectivity index (χ3v) is 8.35. The molecule has 246 valence electrons. The number of carbonyl (C=O) groups is 1. The van der Waals surface area contributed by atoms with E-state index in [4.69, 9.17) is 4.74 Å². The van der Waals surface area contributed by atoms with Crippen LogP contribution in [0.2, 0.25) is 0 Å². The number of hydrogen-bond acceptors (Lipinski definition) is 9. The molecule has 0 aliphatic rings. The summed E-state index contributed by atoms with van der Waals surface area (Å²) in [5, 5.41) is 12.9. The van der Waals surface area contributed by atoms with Crippen molar-refractivity contribution in [1.29, 1.82) is 0 Å². The molecule has 0 aliphatic heterocycles. The maximum atomic E-state index is 13.3. The van der Waals surface area contributed by atoms with Gasteiger partial charge in [-0.2, -0.15) is 4.98 Å². The monoisotopic (exact) mass is 668 g/mol. The lowest BCUT2D eigenvalue weighted by molar-refractivity contribution is 0.0696. The number of aromatic carboxylic acids is 1. The van der Waals surface area contributed by atoms with E-state index < -0.39 is 16.0 Å². The Balaban J connectivity index is 0.00000576. The van der Waals surface area contributed by atoms with Gasteiger partial charge in [-0.25, -0.2) is 32.9 Å². The van der Waals surface area contributed by atoms with Crippen molar-refractivity contribution >= 4 is 34.3 Å². The van der Waals surface area contributed by atoms with Gasteiger partial charge in [0.25, 0.3) is 10.0 Å². The van der Waals surface area contributed by atoms with Crippen molar-refractivity contribution in [3.8, 4) is 17.1 Å². The number of nitrogens with zero attached hydrogens (tertiary/aromatic N) is 4. The van der Waals surface area contributed by atoms with Gasteiger partial charge in [-0.05, 0) is 67.5 Å². The molecule has 0 fully saturated rings. The number of rotatable bonds is 13. The van der Waals surface area contributed by atoms with Crippen molar-refractivity contribution in [2.75, 3.05) is 11.3 Å². The molecule has 2 aromatic heterocycles. The second-order valence-electron chi connectivity index (χ2n) is 12.1. The predicted octanol–water partition coefficient (Wildman–Crippen LogP) is 6.01. The standard InChI is InChI=1S/C33H40N6O5S.ClH/c1-7-24-14-15-34-28(36-24)19-35-25(18-33(4,5)6)20-44-29-17-27(30-21(2)10-8-11-22(30)3)37-32(38-29)39-45(42,43)26-13-9-12-23(16-26)31(40)41;/h8-17,25,35H,7,18-20H2,1-6H3,(H,40,41)(H,37,38,39);1H/t25-;/m1./s1. The van der Waals surface area contributed by atoms with Crippen LogP contribution in [0.25, 0.3) is 11.3 Å². The van der Waals surface area contributed by atoms with E-state index in [1.54, 1.807) is 12.3 Å². The summed E-state index contributed by atoms with van der Waals surface area (Å²) >= 11 is 0. The highest BCUT2D eigenvalue weighted by Crippen LogP contribution is 2.30. The van der Waals surface area contributed by atoms with Crippen molar-refractivity contribution in [3.63, 3.8) is 0 Å². The minimum absolute atomic E-state index is 0. The number of carboxylic acid groups (broad SMARTS) is 1. The summed E-state index contributed by atoms with van der Waals surface area (Å²) < 4.78 is 35.3. The van der Waals surface area contributed by atoms with Crippen LogP contribution < -0.4 is 14.8 Å². The second kappa shape index (κ2) is 15.4. The summed E-state index contributed by atoms with van der Waals surface area (Å²) in [6, 6.07) is 14.4. The topological polar surface area (TPSA) is 156 Å². The molecule has 0 saturated heterocycles. The minimum atomic E-state index is -4.23. The van der Waals surface area contributed by atoms with Crippen LogP contribution >= 0.6 is 12.4 Å². The van der Waals surface area contributed by atoms with E-state index in [1.165, 1.54) is 18.2 Å². The van der Waals surface area contributed by atoms with Gasteiger partial charge >= 0.3 is 5.97 Å². The average molecular weight is 669 g/mol. The maximum absolute atomic E-state index is 13.3. The quantitative estimate of drug-likeness (QED) is 0.154. The molecule has 46 heavy (non-hydrogen) atoms. The van der Waals surface area contributed by atoms with E-state index in [1.807, 2.05) is 45.0 Å². The molecule has 1 atom stereocenters. The van der Waals surface area contributed by atoms with E-state index in [0.717, 1.165) is 41.3 Å². The molecule has 13 heteroatoms. The zero-order chi connectivity index (χ0) is 32.8. The highest BCUT2D eigenvalue weighted by Gasteiger charge is 2.22. The smallest absolute Gasteiger partial charge is 0.335 e. The van der Waals surface area contributed by atoms with Gasteiger partial charge in [-0.1, -0.05) is 52.0 Å². The van der Waals surface area contributed by atoms with Gasteiger partial charge in [0.2, 0.25) is 11.8 Å². The van der Waals surface area contributed by atoms with E-state index in [2.05, 4.69) is 50.7 Å². The number of ether oxygens (including phenoxy) is 1. The lowest BCUT2D eigenvalue weighted by Crippen LogP contribution is -2.38. The number of benzene rings is 2. The molecule has 0 amide bonds. The third-order valence-electron chi connectivity index (χ3n) is 7.02. The molecule has 0 unspecified atom stereocenters. The largest absolute Gasteiger partial charge is 0.478 e. The van der Waals surface area contributed by atoms with Crippen molar-refractivity contribution < 1.29 is 23.1 Å². The Morgan fingerprint density at radius 2 is 1.70 bits per heavy atom. The Bertz CT molecular complexity index is 1760. The van der Waals surface area contributed by atoms with Gasteiger partial charge < -0.3 is 15.2 Å². The molecule has 2 heterocycles. The molecule has 4 aromatic rings. The number of hydrogen-bond donors (Lipinski definition) is 3. The van der Waals surface area contributed by atoms with Crippen LogP contribution in [0.5, 0.6) is 5.88 Å². The van der Waals surface area contributed by atoms with E-state index >= 15 is 0 Å². The van der Waals surface area contributed by atoms with Gasteiger partial charge in [-0.15, -0.1) is 12.4 Å². The van der Waals surface area contributed by atoms with Gasteiger partial charge in [0.15, 0.2) is 0 Å². The molecule has 0 aliphatic carbocycles. The molecule has 11 nitrogen and oxygen atoms in total. The molecule has 2 aromatic carbocycles. The van der Waals surface area contributed by atoms with Gasteiger partial charge in [0.05, 0.1) is 22.7 Å². The highest BCUT2D eigenvalue weighted by atomic mass is 35.5. The van der Waals surface area contributed by atoms with Crippen molar-refractivity contribution in [2.24, 2.45) is 5.41 Å². The molecular formula is C33H41ClN6O5S. The van der Waals surface area contributed by atoms with Gasteiger partial charge in [0, 0.05) is 29.6 Å². The Labute approximate surface area is 276 Å². The minimum Gasteiger partial charge on any atom is -0.478 e. The molecule has 0 radical (unpaired) electrons. The fourth-order valence-corrected chi connectivity index (χ4v) is 5.93. The zero-order valence-corrected chi connectivity index (χ0v) is 28.5.